The number of phosphoric acid groups is 5. The normalized spacial score (nSPS) is 26.2. The summed E-state index contributed by atoms with van der Waals surface area (Å²) in [4.78, 5) is 194. The van der Waals surface area contributed by atoms with E-state index in [2.05, 4.69) is 79.7 Å². The fourth-order valence-corrected chi connectivity index (χ4v) is 22.5. The van der Waals surface area contributed by atoms with E-state index in [1.807, 2.05) is 60.7 Å². The quantitative estimate of drug-likeness (QED) is 0.0244. The Hall–Kier alpha value is -12.9. The minimum absolute atomic E-state index is 0.0000467. The molecule has 0 radical (unpaired) electrons. The lowest BCUT2D eigenvalue weighted by Gasteiger charge is -2.26. The van der Waals surface area contributed by atoms with Crippen LogP contribution in [-0.4, -0.2) is 250 Å². The van der Waals surface area contributed by atoms with Crippen molar-refractivity contribution in [2.24, 2.45) is 0 Å². The van der Waals surface area contributed by atoms with Crippen LogP contribution < -0.4 is 71.6 Å². The molecule has 6 saturated heterocycles. The number of hydrogen-bond acceptors (Lipinski definition) is 47. The summed E-state index contributed by atoms with van der Waals surface area (Å²) in [5.41, 5.74) is 26.2. The van der Waals surface area contributed by atoms with Gasteiger partial charge in [-0.1, -0.05) is 66.7 Å². The molecule has 149 heavy (non-hydrogen) atoms. The number of imidazole rings is 5. The van der Waals surface area contributed by atoms with E-state index in [-0.39, 0.29) is 125 Å². The number of aryl methyl sites for hydroxylation is 1. The Morgan fingerprint density at radius 2 is 0.678 bits per heavy atom. The van der Waals surface area contributed by atoms with Crippen LogP contribution in [0.3, 0.4) is 0 Å². The molecule has 68 heteroatoms. The third-order valence-corrected chi connectivity index (χ3v) is 29.8. The molecule has 20 rings (SSSR count). The molecule has 6 aliphatic rings. The van der Waals surface area contributed by atoms with Crippen LogP contribution in [0.25, 0.3) is 55.8 Å². The van der Waals surface area contributed by atoms with Gasteiger partial charge >= 0.3 is 44.8 Å². The van der Waals surface area contributed by atoms with E-state index in [0.29, 0.717) is 17.1 Å². The molecule has 17 heterocycles. The van der Waals surface area contributed by atoms with Crippen molar-refractivity contribution in [1.29, 1.82) is 0 Å². The number of nitrogens with one attached hydrogen (secondary N) is 5. The van der Waals surface area contributed by atoms with Crippen LogP contribution in [0.2, 0.25) is 0 Å². The first-order valence-electron chi connectivity index (χ1n) is 45.3. The molecule has 6 fully saturated rings. The number of H-pyrrole nitrogens is 5. The molecule has 21 N–H and O–H groups in total. The van der Waals surface area contributed by atoms with Crippen molar-refractivity contribution < 1.29 is 140 Å². The van der Waals surface area contributed by atoms with E-state index in [0.717, 1.165) is 50.1 Å². The maximum Gasteiger partial charge on any atom is 0.472 e. The van der Waals surface area contributed by atoms with Crippen molar-refractivity contribution in [2.45, 2.75) is 176 Å². The third-order valence-electron chi connectivity index (χ3n) is 24.7. The van der Waals surface area contributed by atoms with Crippen molar-refractivity contribution in [3.8, 4) is 11.5 Å². The highest BCUT2D eigenvalue weighted by Gasteiger charge is 2.52. The van der Waals surface area contributed by atoms with Crippen LogP contribution in [-0.2, 0) is 121 Å². The summed E-state index contributed by atoms with van der Waals surface area (Å²) in [6.07, 6.45) is -21.7. The molecule has 11 aromatic heterocycles. The number of ether oxygens (including phenoxy) is 9. The van der Waals surface area contributed by atoms with Crippen molar-refractivity contribution in [2.75, 3.05) is 68.3 Å². The smallest absolute Gasteiger partial charge is 0.472 e. The average molecular weight is 2170 g/mol. The van der Waals surface area contributed by atoms with Crippen LogP contribution in [0.1, 0.15) is 98.1 Å². The molecule has 14 aromatic rings. The zero-order chi connectivity index (χ0) is 104. The number of nitrogen functional groups attached to an aromatic ring is 5. The predicted octanol–water partition coefficient (Wildman–Crippen LogP) is 2.10. The Morgan fingerprint density at radius 3 is 1.05 bits per heavy atom. The fourth-order valence-electron chi connectivity index (χ4n) is 17.7. The van der Waals surface area contributed by atoms with E-state index in [1.54, 1.807) is 18.2 Å². The lowest BCUT2D eigenvalue weighted by Crippen LogP contribution is -2.33. The molecule has 0 saturated carbocycles. The second-order valence-electron chi connectivity index (χ2n) is 34.8. The zero-order valence-electron chi connectivity index (χ0n) is 77.2. The Balaban J connectivity index is 0.526. The molecular formula is C81H92N27O36P5. The molecule has 792 valence electrons. The van der Waals surface area contributed by atoms with Crippen LogP contribution in [0.15, 0.2) is 152 Å². The van der Waals surface area contributed by atoms with E-state index >= 15 is 0 Å². The Labute approximate surface area is 831 Å². The third kappa shape index (κ3) is 23.1. The van der Waals surface area contributed by atoms with E-state index < -0.39 is 247 Å². The van der Waals surface area contributed by atoms with Crippen molar-refractivity contribution >= 4 is 125 Å². The van der Waals surface area contributed by atoms with Gasteiger partial charge in [0.1, 0.15) is 130 Å². The summed E-state index contributed by atoms with van der Waals surface area (Å²) in [5.74, 6) is -0.692. The second-order valence-corrected chi connectivity index (χ2v) is 41.8. The van der Waals surface area contributed by atoms with Gasteiger partial charge < -0.3 is 101 Å². The molecule has 5 unspecified atom stereocenters. The Morgan fingerprint density at radius 1 is 0.356 bits per heavy atom. The molecule has 3 aromatic carbocycles. The van der Waals surface area contributed by atoms with Crippen LogP contribution >= 0.6 is 39.1 Å². The van der Waals surface area contributed by atoms with Crippen LogP contribution in [0.4, 0.5) is 29.6 Å². The number of phosphoric ester groups is 5. The first-order chi connectivity index (χ1) is 71.2. The van der Waals surface area contributed by atoms with Crippen molar-refractivity contribution in [3.05, 3.63) is 208 Å². The lowest BCUT2D eigenvalue weighted by atomic mass is 10.2. The van der Waals surface area contributed by atoms with E-state index in [4.69, 9.17) is 117 Å². The predicted molar refractivity (Wildman–Crippen MR) is 504 cm³/mol. The summed E-state index contributed by atoms with van der Waals surface area (Å²) >= 11 is 0. The molecule has 0 bridgehead atoms. The molecule has 6 aliphatic heterocycles. The number of aromatic nitrogens is 22. The maximum atomic E-state index is 14.8. The molecule has 0 aliphatic carbocycles. The Bertz CT molecular complexity index is 8010. The van der Waals surface area contributed by atoms with E-state index in [9.17, 15) is 81.2 Å². The van der Waals surface area contributed by atoms with Gasteiger partial charge in [0.2, 0.25) is 23.8 Å². The van der Waals surface area contributed by atoms with E-state index in [1.165, 1.54) is 39.5 Å². The Kier molecular flexibility index (Phi) is 29.2. The summed E-state index contributed by atoms with van der Waals surface area (Å²) in [6, 6.07) is 24.0. The molecule has 0 amide bonds. The number of hydrogen-bond donors (Lipinski definition) is 16. The highest BCUT2D eigenvalue weighted by Crippen LogP contribution is 2.57. The van der Waals surface area contributed by atoms with Gasteiger partial charge in [0, 0.05) is 50.3 Å². The highest BCUT2D eigenvalue weighted by atomic mass is 31.2. The van der Waals surface area contributed by atoms with Gasteiger partial charge in [0.15, 0.2) is 67.6 Å². The molecule has 23 atom stereocenters. The van der Waals surface area contributed by atoms with Gasteiger partial charge in [-0.15, -0.1) is 0 Å². The number of rotatable bonds is 41. The first-order valence-corrected chi connectivity index (χ1v) is 52.8. The SMILES string of the molecule is Cc1cn([C@H]2C[C@H](OP(=O)(O)OC[C@H]3O[C@@H](n4cnc5c(=O)[nH]c(N)nc54)C[C@@H]3OP(=O)(O)OC[C@H]3O[C@@H](n4cnc5c(=O)[nH]c(N)nc54)C[C@@H]3OP(=O)(O)OC[C@H]3O[C@@H](n4cnc5c(=O)[nH]c(N)nc54)C[C@@H]3OP(=O)(O)OC[C@H]3O[C@@H](n4cnc5c(N)ncnc54)C[C@@H]3OP(=O)(O)OC[C@H]3O[C@@H](n4cnc5c(=O)[nH]c(N)nc54)C[C@@H]3O)[C@@H](COCc3ccc(OCc4ccccc4)c(OCc4ccccc4)c3)O2)c(=O)[nH]c1=O. The number of nitrogens with zero attached hydrogens (tertiary/aromatic N) is 17. The minimum Gasteiger partial charge on any atom is -0.485 e. The average Bonchev–Trinajstić information content (AvgIpc) is 1.63. The molecular weight excluding hydrogens is 2080 g/mol. The van der Waals surface area contributed by atoms with Gasteiger partial charge in [-0.3, -0.25) is 122 Å². The van der Waals surface area contributed by atoms with Gasteiger partial charge in [-0.2, -0.15) is 19.9 Å². The molecule has 63 nitrogen and oxygen atoms in total. The number of aliphatic hydroxyl groups is 1. The topological polar surface area (TPSA) is 865 Å². The summed E-state index contributed by atoms with van der Waals surface area (Å²) in [6.45, 7) is -3.85. The van der Waals surface area contributed by atoms with Crippen LogP contribution in [0.5, 0.6) is 11.5 Å². The van der Waals surface area contributed by atoms with Gasteiger partial charge in [0.25, 0.3) is 27.8 Å². The highest BCUT2D eigenvalue weighted by molar-refractivity contribution is 7.48. The summed E-state index contributed by atoms with van der Waals surface area (Å²) in [7, 11) is -27.8. The number of aromatic amines is 5. The summed E-state index contributed by atoms with van der Waals surface area (Å²) < 4.78 is 193. The van der Waals surface area contributed by atoms with Gasteiger partial charge in [-0.05, 0) is 35.7 Å². The molecule has 0 spiro atoms. The minimum atomic E-state index is -5.71. The maximum absolute atomic E-state index is 14.8. The van der Waals surface area contributed by atoms with Crippen molar-refractivity contribution in [1.82, 2.24) is 107 Å². The second kappa shape index (κ2) is 42.2. The monoisotopic (exact) mass is 2170 g/mol. The largest absolute Gasteiger partial charge is 0.485 e. The number of nitrogens with two attached hydrogens (primary N) is 5. The zero-order valence-corrected chi connectivity index (χ0v) is 81.7. The number of anilines is 5. The lowest BCUT2D eigenvalue weighted by molar-refractivity contribution is -0.0711. The van der Waals surface area contributed by atoms with Gasteiger partial charge in [0.05, 0.1) is 84.0 Å². The van der Waals surface area contributed by atoms with Gasteiger partial charge in [-0.25, -0.2) is 62.5 Å². The number of fused-ring (bicyclic) bond motifs is 5. The van der Waals surface area contributed by atoms with Crippen molar-refractivity contribution in [3.63, 3.8) is 0 Å². The number of benzene rings is 3. The standard InChI is InChI=1S/C81H92N27O36P5/c1-37-21-103(81(115)102-72(37)110)56-16-44(50(135-56)25-126-22-40-12-13-42(127-23-38-8-4-2-5-9-38)43(14-40)128-24-39-10-6-3-7-11-39)140-146(118,119)130-28-52-46(18-58(137-52)106-34-91-63-69(106)95-78(84)99-74(63)112)143-148(122,123)132-30-54-48(20-60(139-54)108-36-93-65-71(108)97-80(86)101-76(65)114)144-149(124,125)133-29-53-47(19-59(138-53)107-35-92-64-70(107)96-79(85)100-75(64)113)142-147(120,121)131-27-51-45(17-57(136-51)104-32-89-61-66(82)87-31-88-67(61)104)141-145(116,117)129-26-49-41(109)15-55(134-49)105-33-90-62-68(105)94-77(83)98-73(62)111/h2-14,21,31-36,41,44-60,109H,15-20,22-30H2,1H3,(H,116,117)(H,118,119)(H,120,121)(H,122,123)(H,124,125)(H2,82,87,88)(H,102,110,115)(H3,83,94,98,111)(H3,84,95,99,112)(H3,85,96,100,113)(H3,86,97,101,114)/t41-,44-,45-,46-,47-,48-,49+,50+,51+,52+,53+,54+,55+,56+,57+,58+,59+,60+/m0/s1. The van der Waals surface area contributed by atoms with Crippen LogP contribution in [0, 0.1) is 6.92 Å². The summed E-state index contributed by atoms with van der Waals surface area (Å²) in [5, 5.41) is 11.1. The first kappa shape index (κ1) is 103. The fraction of sp³-hybridized carbons (Fsp3) is 0.420. The number of aliphatic hydroxyl groups excluding tert-OH is 1.